The Morgan fingerprint density at radius 2 is 1.44 bits per heavy atom. The molecule has 3 heteroatoms. The zero-order valence-corrected chi connectivity index (χ0v) is 14.1. The molecule has 0 amide bonds. The summed E-state index contributed by atoms with van der Waals surface area (Å²) < 4.78 is 6.05. The summed E-state index contributed by atoms with van der Waals surface area (Å²) in [6.45, 7) is 17.0. The standard InChI is InChI=1S/C15H31O2Si/c1-8-9-10-11-15(16)17-18(12(2)3,13(4)5)14(6)7/h12-14H,1,8-11H2,2-7H3. The lowest BCUT2D eigenvalue weighted by Gasteiger charge is -2.41. The maximum atomic E-state index is 12.0. The molecule has 0 aromatic carbocycles. The zero-order chi connectivity index (χ0) is 14.3. The normalized spacial score (nSPS) is 12.6. The van der Waals surface area contributed by atoms with Crippen LogP contribution >= 0.6 is 0 Å². The first-order valence-corrected chi connectivity index (χ1v) is 9.44. The first-order chi connectivity index (χ1) is 8.28. The predicted molar refractivity (Wildman–Crippen MR) is 81.0 cm³/mol. The summed E-state index contributed by atoms with van der Waals surface area (Å²) in [4.78, 5) is 12.0. The Morgan fingerprint density at radius 1 is 1.00 bits per heavy atom. The molecule has 0 atom stereocenters. The largest absolute Gasteiger partial charge is 0.518 e. The van der Waals surface area contributed by atoms with Gasteiger partial charge in [-0.3, -0.25) is 4.79 Å². The number of hydrogen-bond donors (Lipinski definition) is 0. The van der Waals surface area contributed by atoms with Crippen molar-refractivity contribution in [1.82, 2.24) is 0 Å². The molecule has 107 valence electrons. The average molecular weight is 271 g/mol. The molecule has 0 aromatic rings. The van der Waals surface area contributed by atoms with Crippen molar-refractivity contribution in [3.8, 4) is 0 Å². The minimum absolute atomic E-state index is 0.00576. The molecule has 0 heterocycles. The van der Waals surface area contributed by atoms with Gasteiger partial charge in [0.05, 0.1) is 0 Å². The monoisotopic (exact) mass is 271 g/mol. The van der Waals surface area contributed by atoms with Crippen molar-refractivity contribution in [2.75, 3.05) is 0 Å². The van der Waals surface area contributed by atoms with Crippen LogP contribution < -0.4 is 0 Å². The molecule has 0 bridgehead atoms. The van der Waals surface area contributed by atoms with Gasteiger partial charge < -0.3 is 4.43 Å². The number of rotatable bonds is 8. The van der Waals surface area contributed by atoms with Crippen LogP contribution in [-0.2, 0) is 9.22 Å². The summed E-state index contributed by atoms with van der Waals surface area (Å²) in [5.74, 6) is 0.00576. The van der Waals surface area contributed by atoms with Crippen molar-refractivity contribution < 1.29 is 9.22 Å². The van der Waals surface area contributed by atoms with Gasteiger partial charge in [-0.15, -0.1) is 0 Å². The molecule has 0 saturated heterocycles. The van der Waals surface area contributed by atoms with E-state index in [4.69, 9.17) is 4.43 Å². The van der Waals surface area contributed by atoms with Gasteiger partial charge >= 0.3 is 0 Å². The van der Waals surface area contributed by atoms with Crippen molar-refractivity contribution in [2.45, 2.75) is 83.8 Å². The Balaban J connectivity index is 4.74. The van der Waals surface area contributed by atoms with E-state index < -0.39 is 8.32 Å². The summed E-state index contributed by atoms with van der Waals surface area (Å²) in [5.41, 5.74) is 1.40. The number of carbonyl (C=O) groups is 1. The molecule has 0 spiro atoms. The van der Waals surface area contributed by atoms with E-state index in [1.807, 2.05) is 0 Å². The van der Waals surface area contributed by atoms with Crippen molar-refractivity contribution in [1.29, 1.82) is 0 Å². The van der Waals surface area contributed by atoms with E-state index in [0.717, 1.165) is 19.3 Å². The molecule has 0 unspecified atom stereocenters. The molecule has 2 nitrogen and oxygen atoms in total. The van der Waals surface area contributed by atoms with Gasteiger partial charge in [-0.05, 0) is 23.0 Å². The SMILES string of the molecule is [CH2]CCCCC(=O)O[Si](C(C)C)(C(C)C)C(C)C. The van der Waals surface area contributed by atoms with Crippen LogP contribution in [0, 0.1) is 6.92 Å². The minimum Gasteiger partial charge on any atom is -0.518 e. The molecule has 0 aromatic heterocycles. The van der Waals surface area contributed by atoms with E-state index in [1.165, 1.54) is 0 Å². The van der Waals surface area contributed by atoms with Crippen molar-refractivity contribution in [2.24, 2.45) is 0 Å². The summed E-state index contributed by atoms with van der Waals surface area (Å²) in [6.07, 6.45) is 3.36. The van der Waals surface area contributed by atoms with E-state index in [-0.39, 0.29) is 5.97 Å². The Kier molecular flexibility index (Phi) is 7.84. The highest BCUT2D eigenvalue weighted by Gasteiger charge is 2.47. The smallest absolute Gasteiger partial charge is 0.292 e. The van der Waals surface area contributed by atoms with E-state index in [9.17, 15) is 4.79 Å². The lowest BCUT2D eigenvalue weighted by molar-refractivity contribution is -0.135. The molecule has 0 fully saturated rings. The van der Waals surface area contributed by atoms with E-state index >= 15 is 0 Å². The molecule has 0 N–H and O–H groups in total. The molecule has 0 aliphatic heterocycles. The number of unbranched alkanes of at least 4 members (excludes halogenated alkanes) is 2. The summed E-state index contributed by atoms with van der Waals surface area (Å²) >= 11 is 0. The lowest BCUT2D eigenvalue weighted by atomic mass is 10.2. The van der Waals surface area contributed by atoms with Gasteiger partial charge in [-0.1, -0.05) is 61.3 Å². The third-order valence-corrected chi connectivity index (χ3v) is 9.87. The zero-order valence-electron chi connectivity index (χ0n) is 13.1. The summed E-state index contributed by atoms with van der Waals surface area (Å²) in [7, 11) is -2.02. The van der Waals surface area contributed by atoms with E-state index in [1.54, 1.807) is 0 Å². The quantitative estimate of drug-likeness (QED) is 0.453. The highest BCUT2D eigenvalue weighted by Crippen LogP contribution is 2.42. The maximum Gasteiger partial charge on any atom is 0.292 e. The average Bonchev–Trinajstić information content (AvgIpc) is 2.24. The molecule has 18 heavy (non-hydrogen) atoms. The maximum absolute atomic E-state index is 12.0. The number of hydrogen-bond acceptors (Lipinski definition) is 2. The third-order valence-electron chi connectivity index (χ3n) is 3.88. The third kappa shape index (κ3) is 4.41. The van der Waals surface area contributed by atoms with E-state index in [2.05, 4.69) is 48.5 Å². The van der Waals surface area contributed by atoms with Gasteiger partial charge in [0.15, 0.2) is 0 Å². The van der Waals surface area contributed by atoms with Gasteiger partial charge in [-0.25, -0.2) is 0 Å². The Bertz CT molecular complexity index is 225. The fraction of sp³-hybridized carbons (Fsp3) is 0.867. The van der Waals surface area contributed by atoms with Crippen LogP contribution in [0.1, 0.15) is 67.2 Å². The van der Waals surface area contributed by atoms with Crippen LogP contribution in [0.5, 0.6) is 0 Å². The molecule has 1 radical (unpaired) electrons. The van der Waals surface area contributed by atoms with Crippen LogP contribution in [0.2, 0.25) is 16.6 Å². The van der Waals surface area contributed by atoms with Crippen LogP contribution in [-0.4, -0.2) is 14.3 Å². The fourth-order valence-electron chi connectivity index (χ4n) is 3.05. The molecule has 0 aliphatic rings. The fourth-order valence-corrected chi connectivity index (χ4v) is 8.25. The topological polar surface area (TPSA) is 26.3 Å². The van der Waals surface area contributed by atoms with Crippen LogP contribution in [0.3, 0.4) is 0 Å². The second-order valence-corrected chi connectivity index (χ2v) is 11.5. The van der Waals surface area contributed by atoms with Crippen molar-refractivity contribution in [3.63, 3.8) is 0 Å². The Labute approximate surface area is 115 Å². The molecule has 0 rings (SSSR count). The van der Waals surface area contributed by atoms with Gasteiger partial charge in [-0.2, -0.15) is 0 Å². The summed E-state index contributed by atoms with van der Waals surface area (Å²) in [6, 6.07) is 0. The first-order valence-electron chi connectivity index (χ1n) is 7.30. The lowest BCUT2D eigenvalue weighted by Crippen LogP contribution is -2.49. The van der Waals surface area contributed by atoms with Crippen LogP contribution in [0.25, 0.3) is 0 Å². The molecule has 0 saturated carbocycles. The highest BCUT2D eigenvalue weighted by atomic mass is 28.4. The predicted octanol–water partition coefficient (Wildman–Crippen LogP) is 5.10. The van der Waals surface area contributed by atoms with E-state index in [0.29, 0.717) is 23.0 Å². The van der Waals surface area contributed by atoms with Gasteiger partial charge in [0, 0.05) is 6.42 Å². The molecular weight excluding hydrogens is 240 g/mol. The second-order valence-electron chi connectivity index (χ2n) is 6.10. The summed E-state index contributed by atoms with van der Waals surface area (Å²) in [5, 5.41) is 0. The number of carbonyl (C=O) groups excluding carboxylic acids is 1. The van der Waals surface area contributed by atoms with Crippen LogP contribution in [0.4, 0.5) is 0 Å². The van der Waals surface area contributed by atoms with Crippen molar-refractivity contribution >= 4 is 14.3 Å². The first kappa shape index (κ1) is 17.7. The molecule has 0 aliphatic carbocycles. The van der Waals surface area contributed by atoms with Crippen molar-refractivity contribution in [3.05, 3.63) is 6.92 Å². The molecular formula is C15H31O2Si. The van der Waals surface area contributed by atoms with Gasteiger partial charge in [0.2, 0.25) is 0 Å². The van der Waals surface area contributed by atoms with Gasteiger partial charge in [0.25, 0.3) is 14.3 Å². The second kappa shape index (κ2) is 7.98. The Morgan fingerprint density at radius 3 is 1.78 bits per heavy atom. The van der Waals surface area contributed by atoms with Gasteiger partial charge in [0.1, 0.15) is 0 Å². The Hall–Kier alpha value is -0.313. The van der Waals surface area contributed by atoms with Crippen LogP contribution in [0.15, 0.2) is 0 Å². The highest BCUT2D eigenvalue weighted by molar-refractivity contribution is 6.78. The minimum atomic E-state index is -2.02.